The Kier molecular flexibility index (Phi) is 11.4. The minimum atomic E-state index is 0.728. The van der Waals surface area contributed by atoms with Crippen molar-refractivity contribution in [3.05, 3.63) is 309 Å². The summed E-state index contributed by atoms with van der Waals surface area (Å²) in [5.41, 5.74) is 23.8. The number of thiophene rings is 1. The molecule has 0 fully saturated rings. The number of hydrogen-bond donors (Lipinski definition) is 0. The zero-order valence-corrected chi connectivity index (χ0v) is 48.4. The van der Waals surface area contributed by atoms with Gasteiger partial charge in [0.1, 0.15) is 0 Å². The molecule has 18 aromatic rings. The molecule has 6 heteroatoms. The molecule has 0 aliphatic carbocycles. The third kappa shape index (κ3) is 7.93. The van der Waals surface area contributed by atoms with E-state index in [0.717, 1.165) is 88.5 Å². The van der Waals surface area contributed by atoms with E-state index in [2.05, 4.69) is 317 Å². The van der Waals surface area contributed by atoms with Gasteiger partial charge in [-0.15, -0.1) is 11.3 Å². The second-order valence-corrected chi connectivity index (χ2v) is 23.8. The van der Waals surface area contributed by atoms with Crippen LogP contribution in [0.1, 0.15) is 0 Å². The number of fused-ring (bicyclic) bond motifs is 12. The Morgan fingerprint density at radius 1 is 0.239 bits per heavy atom. The molecule has 0 radical (unpaired) electrons. The minimum Gasteiger partial charge on any atom is -0.309 e. The summed E-state index contributed by atoms with van der Waals surface area (Å²) in [6.07, 6.45) is 0. The van der Waals surface area contributed by atoms with Crippen LogP contribution in [0, 0.1) is 0 Å². The van der Waals surface area contributed by atoms with Gasteiger partial charge in [0.15, 0.2) is 5.82 Å². The van der Waals surface area contributed by atoms with Crippen LogP contribution in [0.2, 0.25) is 0 Å². The van der Waals surface area contributed by atoms with Gasteiger partial charge in [0.05, 0.1) is 49.0 Å². The van der Waals surface area contributed by atoms with Gasteiger partial charge in [-0.1, -0.05) is 218 Å². The molecular formula is C82H51N5S. The van der Waals surface area contributed by atoms with Gasteiger partial charge in [0.25, 0.3) is 0 Å². The molecule has 0 aliphatic heterocycles. The van der Waals surface area contributed by atoms with Gasteiger partial charge in [-0.2, -0.15) is 0 Å². The first-order valence-corrected chi connectivity index (χ1v) is 30.8. The second kappa shape index (κ2) is 20.1. The number of aromatic nitrogens is 5. The highest BCUT2D eigenvalue weighted by atomic mass is 32.1. The van der Waals surface area contributed by atoms with Crippen LogP contribution in [0.25, 0.3) is 170 Å². The molecule has 0 saturated carbocycles. The Morgan fingerprint density at radius 3 is 1.34 bits per heavy atom. The minimum absolute atomic E-state index is 0.728. The standard InChI is InChI=1S/C82H51N5S/c1-5-21-52(22-6-1)55-41-44-74-69(48-55)70-50-57(56-42-45-73-68(49-56)65-33-13-15-38-71(65)85(73)60-29-11-4-12-30-60)43-46-75(70)86(74)61-31-18-32-62(51-61)87-72-39-16-14-34-66(72)77-63(35-20-40-76(77)87)58-27-17-28-59(47-58)64-36-19-37-67-79-81(88-80(64)67)78(53-23-7-2-8-24-53)83-82(84-79)54-25-9-3-10-26-54/h1-51H. The zero-order valence-electron chi connectivity index (χ0n) is 47.6. The summed E-state index contributed by atoms with van der Waals surface area (Å²) >= 11 is 1.79. The van der Waals surface area contributed by atoms with Crippen LogP contribution >= 0.6 is 11.3 Å². The summed E-state index contributed by atoms with van der Waals surface area (Å²) in [4.78, 5) is 10.6. The van der Waals surface area contributed by atoms with E-state index in [1.54, 1.807) is 11.3 Å². The maximum atomic E-state index is 5.30. The predicted octanol–water partition coefficient (Wildman–Crippen LogP) is 22.1. The third-order valence-corrected chi connectivity index (χ3v) is 19.1. The molecule has 0 aliphatic rings. The molecule has 5 aromatic heterocycles. The van der Waals surface area contributed by atoms with Crippen molar-refractivity contribution in [2.24, 2.45) is 0 Å². The summed E-state index contributed by atoms with van der Waals surface area (Å²) < 4.78 is 9.59. The molecule has 410 valence electrons. The monoisotopic (exact) mass is 1140 g/mol. The Balaban J connectivity index is 0.768. The molecule has 0 bridgehead atoms. The topological polar surface area (TPSA) is 40.6 Å². The van der Waals surface area contributed by atoms with E-state index in [1.165, 1.54) is 81.4 Å². The van der Waals surface area contributed by atoms with Crippen LogP contribution < -0.4 is 0 Å². The molecule has 13 aromatic carbocycles. The van der Waals surface area contributed by atoms with E-state index in [-0.39, 0.29) is 0 Å². The number of hydrogen-bond acceptors (Lipinski definition) is 3. The lowest BCUT2D eigenvalue weighted by Gasteiger charge is -2.13. The fourth-order valence-electron chi connectivity index (χ4n) is 13.9. The Bertz CT molecular complexity index is 5800. The molecule has 0 spiro atoms. The Morgan fingerprint density at radius 2 is 0.670 bits per heavy atom. The molecule has 88 heavy (non-hydrogen) atoms. The van der Waals surface area contributed by atoms with Gasteiger partial charge in [0, 0.05) is 70.6 Å². The molecule has 0 N–H and O–H groups in total. The average Bonchev–Trinajstić information content (AvgIpc) is 1.76. The molecule has 5 nitrogen and oxygen atoms in total. The maximum absolute atomic E-state index is 5.30. The van der Waals surface area contributed by atoms with Crippen molar-refractivity contribution in [1.82, 2.24) is 23.7 Å². The van der Waals surface area contributed by atoms with Crippen molar-refractivity contribution >= 4 is 97.1 Å². The van der Waals surface area contributed by atoms with E-state index in [9.17, 15) is 0 Å². The summed E-state index contributed by atoms with van der Waals surface area (Å²) in [7, 11) is 0. The number of rotatable bonds is 9. The first-order chi connectivity index (χ1) is 43.6. The maximum Gasteiger partial charge on any atom is 0.160 e. The van der Waals surface area contributed by atoms with Gasteiger partial charge < -0.3 is 13.7 Å². The second-order valence-electron chi connectivity index (χ2n) is 22.8. The highest BCUT2D eigenvalue weighted by molar-refractivity contribution is 7.26. The lowest BCUT2D eigenvalue weighted by molar-refractivity contribution is 1.13. The summed E-state index contributed by atoms with van der Waals surface area (Å²) in [5.74, 6) is 0.728. The van der Waals surface area contributed by atoms with Gasteiger partial charge in [-0.05, 0) is 136 Å². The van der Waals surface area contributed by atoms with Gasteiger partial charge >= 0.3 is 0 Å². The highest BCUT2D eigenvalue weighted by Gasteiger charge is 2.23. The molecule has 18 rings (SSSR count). The smallest absolute Gasteiger partial charge is 0.160 e. The highest BCUT2D eigenvalue weighted by Crippen LogP contribution is 2.46. The van der Waals surface area contributed by atoms with E-state index >= 15 is 0 Å². The Labute approximate surface area is 511 Å². The molecule has 0 amide bonds. The SMILES string of the molecule is c1ccc(-c2ccc3c(c2)c2cc(-c4ccc5c(c4)c4ccccc4n5-c4ccccc4)ccc2n3-c2cccc(-n3c4ccccc4c4c(-c5cccc(-c6cccc7c6sc6c(-c8ccccc8)nc(-c8ccccc8)nc67)c5)cccc43)c2)cc1. The molecule has 0 saturated heterocycles. The van der Waals surface area contributed by atoms with Crippen molar-refractivity contribution in [3.63, 3.8) is 0 Å². The van der Waals surface area contributed by atoms with Crippen LogP contribution in [-0.2, 0) is 0 Å². The third-order valence-electron chi connectivity index (χ3n) is 17.8. The zero-order chi connectivity index (χ0) is 57.8. The number of nitrogens with zero attached hydrogens (tertiary/aromatic N) is 5. The van der Waals surface area contributed by atoms with Crippen LogP contribution in [0.4, 0.5) is 0 Å². The fourth-order valence-corrected chi connectivity index (χ4v) is 15.2. The van der Waals surface area contributed by atoms with Crippen LogP contribution in [0.15, 0.2) is 309 Å². The lowest BCUT2D eigenvalue weighted by Crippen LogP contribution is -1.98. The molecule has 0 atom stereocenters. The summed E-state index contributed by atoms with van der Waals surface area (Å²) in [6.45, 7) is 0. The summed E-state index contributed by atoms with van der Waals surface area (Å²) in [6, 6.07) is 113. The molecule has 0 unspecified atom stereocenters. The normalized spacial score (nSPS) is 11.9. The van der Waals surface area contributed by atoms with Crippen LogP contribution in [-0.4, -0.2) is 23.7 Å². The summed E-state index contributed by atoms with van der Waals surface area (Å²) in [5, 5.41) is 8.45. The largest absolute Gasteiger partial charge is 0.309 e. The van der Waals surface area contributed by atoms with E-state index in [0.29, 0.717) is 0 Å². The van der Waals surface area contributed by atoms with Crippen molar-refractivity contribution in [2.75, 3.05) is 0 Å². The predicted molar refractivity (Wildman–Crippen MR) is 371 cm³/mol. The van der Waals surface area contributed by atoms with E-state index in [4.69, 9.17) is 9.97 Å². The van der Waals surface area contributed by atoms with Crippen molar-refractivity contribution in [2.45, 2.75) is 0 Å². The quantitative estimate of drug-likeness (QED) is 0.145. The first kappa shape index (κ1) is 49.9. The first-order valence-electron chi connectivity index (χ1n) is 30.0. The van der Waals surface area contributed by atoms with Crippen LogP contribution in [0.5, 0.6) is 0 Å². The van der Waals surface area contributed by atoms with E-state index < -0.39 is 0 Å². The van der Waals surface area contributed by atoms with Gasteiger partial charge in [0.2, 0.25) is 0 Å². The van der Waals surface area contributed by atoms with Crippen molar-refractivity contribution < 1.29 is 0 Å². The fraction of sp³-hybridized carbons (Fsp3) is 0. The Hall–Kier alpha value is -11.4. The van der Waals surface area contributed by atoms with Crippen molar-refractivity contribution in [3.8, 4) is 84.2 Å². The molecular weight excluding hydrogens is 1090 g/mol. The average molecular weight is 1140 g/mol. The van der Waals surface area contributed by atoms with Gasteiger partial charge in [-0.3, -0.25) is 0 Å². The number of benzene rings is 13. The van der Waals surface area contributed by atoms with Gasteiger partial charge in [-0.25, -0.2) is 9.97 Å². The van der Waals surface area contributed by atoms with Crippen LogP contribution in [0.3, 0.4) is 0 Å². The van der Waals surface area contributed by atoms with Crippen molar-refractivity contribution in [1.29, 1.82) is 0 Å². The molecule has 5 heterocycles. The van der Waals surface area contributed by atoms with E-state index in [1.807, 2.05) is 6.07 Å². The lowest BCUT2D eigenvalue weighted by atomic mass is 9.95. The number of para-hydroxylation sites is 3.